The number of benzene rings is 4. The lowest BCUT2D eigenvalue weighted by Gasteiger charge is -2.15. The van der Waals surface area contributed by atoms with E-state index in [0.29, 0.717) is 29.5 Å². The van der Waals surface area contributed by atoms with Crippen LogP contribution in [0.4, 0.5) is 13.2 Å². The standard InChI is InChI=1S/C33H27F3N2O2S/c34-33(35,36)31-14-5-13-30-29(15-16-37-32(30)31)25-11-3-9-23(19-25)24-10-4-12-28(20-24)41(39,40)18-6-17-38-21-26-7-1-2-8-27(26)22-38/h1-5,7-16,19-20H,6,17-18,21-22H2. The van der Waals surface area contributed by atoms with E-state index in [4.69, 9.17) is 0 Å². The normalized spacial score (nSPS) is 13.9. The third-order valence-corrected chi connectivity index (χ3v) is 9.37. The first kappa shape index (κ1) is 27.2. The Bertz CT molecular complexity index is 1830. The Hall–Kier alpha value is -4.01. The van der Waals surface area contributed by atoms with E-state index < -0.39 is 21.6 Å². The van der Waals surface area contributed by atoms with Crippen molar-refractivity contribution in [2.75, 3.05) is 12.3 Å². The lowest BCUT2D eigenvalue weighted by molar-refractivity contribution is -0.136. The van der Waals surface area contributed by atoms with Crippen LogP contribution in [0.1, 0.15) is 23.1 Å². The molecule has 0 aliphatic carbocycles. The Morgan fingerprint density at radius 1 is 0.756 bits per heavy atom. The van der Waals surface area contributed by atoms with Crippen molar-refractivity contribution >= 4 is 20.7 Å². The molecule has 0 radical (unpaired) electrons. The van der Waals surface area contributed by atoms with Gasteiger partial charge in [0.15, 0.2) is 9.84 Å². The number of nitrogens with zero attached hydrogens (tertiary/aromatic N) is 2. The fraction of sp³-hybridized carbons (Fsp3) is 0.182. The third-order valence-electron chi connectivity index (χ3n) is 7.57. The second-order valence-electron chi connectivity index (χ2n) is 10.3. The average Bonchev–Trinajstić information content (AvgIpc) is 3.39. The van der Waals surface area contributed by atoms with Gasteiger partial charge in [-0.05, 0) is 76.7 Å². The molecule has 4 nitrogen and oxygen atoms in total. The van der Waals surface area contributed by atoms with Crippen molar-refractivity contribution in [3.05, 3.63) is 120 Å². The van der Waals surface area contributed by atoms with Gasteiger partial charge < -0.3 is 0 Å². The highest BCUT2D eigenvalue weighted by Crippen LogP contribution is 2.37. The van der Waals surface area contributed by atoms with Gasteiger partial charge in [-0.15, -0.1) is 0 Å². The summed E-state index contributed by atoms with van der Waals surface area (Å²) < 4.78 is 67.3. The number of rotatable bonds is 7. The molecule has 0 amide bonds. The Morgan fingerprint density at radius 3 is 2.15 bits per heavy atom. The number of alkyl halides is 3. The van der Waals surface area contributed by atoms with Gasteiger partial charge in [0, 0.05) is 24.7 Å². The van der Waals surface area contributed by atoms with Crippen LogP contribution >= 0.6 is 0 Å². The Balaban J connectivity index is 1.22. The zero-order chi connectivity index (χ0) is 28.6. The van der Waals surface area contributed by atoms with E-state index in [1.165, 1.54) is 23.4 Å². The molecule has 0 fully saturated rings. The van der Waals surface area contributed by atoms with Crippen LogP contribution in [-0.4, -0.2) is 30.6 Å². The average molecular weight is 573 g/mol. The van der Waals surface area contributed by atoms with E-state index in [1.54, 1.807) is 30.3 Å². The number of hydrogen-bond donors (Lipinski definition) is 0. The molecule has 0 saturated heterocycles. The molecular weight excluding hydrogens is 545 g/mol. The zero-order valence-corrected chi connectivity index (χ0v) is 22.9. The molecule has 41 heavy (non-hydrogen) atoms. The van der Waals surface area contributed by atoms with Crippen molar-refractivity contribution in [3.63, 3.8) is 0 Å². The summed E-state index contributed by atoms with van der Waals surface area (Å²) in [4.78, 5) is 6.55. The number of fused-ring (bicyclic) bond motifs is 2. The van der Waals surface area contributed by atoms with E-state index in [9.17, 15) is 21.6 Å². The number of aromatic nitrogens is 1. The Labute approximate surface area is 237 Å². The minimum absolute atomic E-state index is 0.0495. The van der Waals surface area contributed by atoms with Crippen molar-refractivity contribution in [2.45, 2.75) is 30.6 Å². The highest BCUT2D eigenvalue weighted by atomic mass is 32.2. The minimum Gasteiger partial charge on any atom is -0.295 e. The summed E-state index contributed by atoms with van der Waals surface area (Å²) in [5.74, 6) is 0.0495. The van der Waals surface area contributed by atoms with Crippen molar-refractivity contribution in [1.29, 1.82) is 0 Å². The predicted molar refractivity (Wildman–Crippen MR) is 155 cm³/mol. The Kier molecular flexibility index (Phi) is 7.13. The molecule has 1 aliphatic rings. The summed E-state index contributed by atoms with van der Waals surface area (Å²) in [5.41, 5.74) is 4.54. The maximum Gasteiger partial charge on any atom is 0.418 e. The lowest BCUT2D eigenvalue weighted by Crippen LogP contribution is -2.20. The molecule has 1 aromatic heterocycles. The largest absolute Gasteiger partial charge is 0.418 e. The summed E-state index contributed by atoms with van der Waals surface area (Å²) in [7, 11) is -3.50. The van der Waals surface area contributed by atoms with Gasteiger partial charge in [-0.3, -0.25) is 9.88 Å². The lowest BCUT2D eigenvalue weighted by atomic mass is 9.96. The van der Waals surface area contributed by atoms with E-state index in [-0.39, 0.29) is 16.2 Å². The number of sulfone groups is 1. The number of pyridine rings is 1. The van der Waals surface area contributed by atoms with Crippen LogP contribution in [0.5, 0.6) is 0 Å². The van der Waals surface area contributed by atoms with E-state index in [0.717, 1.165) is 30.3 Å². The topological polar surface area (TPSA) is 50.3 Å². The quantitative estimate of drug-likeness (QED) is 0.200. The first-order valence-corrected chi connectivity index (χ1v) is 15.0. The highest BCUT2D eigenvalue weighted by molar-refractivity contribution is 7.91. The summed E-state index contributed by atoms with van der Waals surface area (Å²) in [6.45, 7) is 2.38. The van der Waals surface area contributed by atoms with Gasteiger partial charge in [-0.2, -0.15) is 13.2 Å². The summed E-state index contributed by atoms with van der Waals surface area (Å²) >= 11 is 0. The van der Waals surface area contributed by atoms with Crippen molar-refractivity contribution in [3.8, 4) is 22.3 Å². The first-order chi connectivity index (χ1) is 19.7. The number of halogens is 3. The molecule has 4 aromatic carbocycles. The zero-order valence-electron chi connectivity index (χ0n) is 22.1. The molecule has 0 spiro atoms. The fourth-order valence-corrected chi connectivity index (χ4v) is 6.89. The third kappa shape index (κ3) is 5.62. The van der Waals surface area contributed by atoms with E-state index in [1.807, 2.05) is 42.5 Å². The molecular formula is C33H27F3N2O2S. The number of para-hydroxylation sites is 1. The minimum atomic E-state index is -4.52. The van der Waals surface area contributed by atoms with Crippen LogP contribution in [0.25, 0.3) is 33.2 Å². The summed E-state index contributed by atoms with van der Waals surface area (Å²) in [6, 6.07) is 28.3. The smallest absolute Gasteiger partial charge is 0.295 e. The predicted octanol–water partition coefficient (Wildman–Crippen LogP) is 7.77. The van der Waals surface area contributed by atoms with E-state index >= 15 is 0 Å². The molecule has 0 N–H and O–H groups in total. The maximum atomic E-state index is 13.6. The second kappa shape index (κ2) is 10.8. The second-order valence-corrected chi connectivity index (χ2v) is 12.4. The molecule has 1 aliphatic heterocycles. The van der Waals surface area contributed by atoms with Gasteiger partial charge in [-0.25, -0.2) is 8.42 Å². The maximum absolute atomic E-state index is 13.6. The summed E-state index contributed by atoms with van der Waals surface area (Å²) in [5, 5.41) is 0.400. The van der Waals surface area contributed by atoms with Crippen molar-refractivity contribution in [2.24, 2.45) is 0 Å². The van der Waals surface area contributed by atoms with Gasteiger partial charge in [0.2, 0.25) is 0 Å². The molecule has 8 heteroatoms. The van der Waals surface area contributed by atoms with Crippen LogP contribution in [0.3, 0.4) is 0 Å². The molecule has 0 unspecified atom stereocenters. The van der Waals surface area contributed by atoms with Gasteiger partial charge in [0.25, 0.3) is 0 Å². The van der Waals surface area contributed by atoms with Crippen LogP contribution < -0.4 is 0 Å². The van der Waals surface area contributed by atoms with Crippen LogP contribution in [0.2, 0.25) is 0 Å². The van der Waals surface area contributed by atoms with Crippen LogP contribution in [0.15, 0.2) is 108 Å². The SMILES string of the molecule is O=S(=O)(CCCN1Cc2ccccc2C1)c1cccc(-c2cccc(-c3ccnc4c(C(F)(F)F)cccc34)c2)c1. The van der Waals surface area contributed by atoms with Crippen LogP contribution in [0, 0.1) is 0 Å². The van der Waals surface area contributed by atoms with E-state index in [2.05, 4.69) is 22.0 Å². The van der Waals surface area contributed by atoms with Gasteiger partial charge in [0.05, 0.1) is 21.7 Å². The summed E-state index contributed by atoms with van der Waals surface area (Å²) in [6.07, 6.45) is -2.60. The molecule has 208 valence electrons. The number of hydrogen-bond acceptors (Lipinski definition) is 4. The first-order valence-electron chi connectivity index (χ1n) is 13.4. The van der Waals surface area contributed by atoms with Crippen LogP contribution in [-0.2, 0) is 29.1 Å². The van der Waals surface area contributed by atoms with Gasteiger partial charge >= 0.3 is 6.18 Å². The molecule has 2 heterocycles. The molecule has 0 saturated carbocycles. The molecule has 0 atom stereocenters. The molecule has 6 rings (SSSR count). The fourth-order valence-electron chi connectivity index (χ4n) is 5.55. The van der Waals surface area contributed by atoms with Gasteiger partial charge in [0.1, 0.15) is 0 Å². The molecule has 0 bridgehead atoms. The van der Waals surface area contributed by atoms with Crippen molar-refractivity contribution in [1.82, 2.24) is 9.88 Å². The monoisotopic (exact) mass is 572 g/mol. The molecule has 5 aromatic rings. The van der Waals surface area contributed by atoms with Gasteiger partial charge in [-0.1, -0.05) is 66.7 Å². The Morgan fingerprint density at radius 2 is 1.41 bits per heavy atom. The highest BCUT2D eigenvalue weighted by Gasteiger charge is 2.33. The van der Waals surface area contributed by atoms with Crippen molar-refractivity contribution < 1.29 is 21.6 Å².